The highest BCUT2D eigenvalue weighted by atomic mass is 35.5. The molecule has 0 saturated heterocycles. The zero-order chi connectivity index (χ0) is 10.7. The Hall–Kier alpha value is -1.31. The average molecular weight is 218 g/mol. The number of benzene rings is 2. The monoisotopic (exact) mass is 217 g/mol. The van der Waals surface area contributed by atoms with Crippen LogP contribution in [0.15, 0.2) is 48.5 Å². The smallest absolute Gasteiger partial charge is 0.0484 e. The second-order valence-corrected chi connectivity index (χ2v) is 3.79. The second kappa shape index (κ2) is 4.47. The molecule has 1 nitrogen and oxygen atoms in total. The molecule has 15 heavy (non-hydrogen) atoms. The quantitative estimate of drug-likeness (QED) is 0.819. The highest BCUT2D eigenvalue weighted by Gasteiger charge is 2.02. The summed E-state index contributed by atoms with van der Waals surface area (Å²) in [6, 6.07) is 15.9. The first-order valence-electron chi connectivity index (χ1n) is 4.85. The van der Waals surface area contributed by atoms with E-state index in [1.165, 1.54) is 0 Å². The van der Waals surface area contributed by atoms with Gasteiger partial charge in [-0.3, -0.25) is 0 Å². The molecule has 0 aliphatic rings. The molecule has 0 aliphatic carbocycles. The molecule has 0 aromatic heterocycles. The molecule has 0 spiro atoms. The Kier molecular flexibility index (Phi) is 3.05. The lowest BCUT2D eigenvalue weighted by Crippen LogP contribution is -1.95. The van der Waals surface area contributed by atoms with E-state index < -0.39 is 0 Å². The minimum atomic E-state index is 0.554. The Bertz CT molecular complexity index is 466. The molecule has 2 N–H and O–H groups in total. The van der Waals surface area contributed by atoms with E-state index in [1.807, 2.05) is 42.5 Å². The first-order valence-corrected chi connectivity index (χ1v) is 5.23. The zero-order valence-corrected chi connectivity index (χ0v) is 9.04. The summed E-state index contributed by atoms with van der Waals surface area (Å²) in [4.78, 5) is 0. The van der Waals surface area contributed by atoms with Crippen LogP contribution in [0.5, 0.6) is 0 Å². The molecule has 0 bridgehead atoms. The van der Waals surface area contributed by atoms with Crippen LogP contribution in [-0.4, -0.2) is 0 Å². The largest absolute Gasteiger partial charge is 0.326 e. The molecule has 76 valence electrons. The van der Waals surface area contributed by atoms with E-state index in [2.05, 4.69) is 6.07 Å². The van der Waals surface area contributed by atoms with Crippen LogP contribution in [0.3, 0.4) is 0 Å². The average Bonchev–Trinajstić information content (AvgIpc) is 2.30. The SMILES string of the molecule is NCc1cccc(-c2ccccc2Cl)c1. The molecular formula is C13H12ClN. The Morgan fingerprint density at radius 1 is 1.00 bits per heavy atom. The Labute approximate surface area is 94.5 Å². The summed E-state index contributed by atoms with van der Waals surface area (Å²) in [5.74, 6) is 0. The lowest BCUT2D eigenvalue weighted by molar-refractivity contribution is 1.07. The summed E-state index contributed by atoms with van der Waals surface area (Å²) in [7, 11) is 0. The summed E-state index contributed by atoms with van der Waals surface area (Å²) in [5.41, 5.74) is 8.88. The molecule has 2 rings (SSSR count). The predicted octanol–water partition coefficient (Wildman–Crippen LogP) is 3.47. The maximum Gasteiger partial charge on any atom is 0.0484 e. The highest BCUT2D eigenvalue weighted by molar-refractivity contribution is 6.33. The molecule has 0 heterocycles. The third-order valence-electron chi connectivity index (χ3n) is 2.35. The van der Waals surface area contributed by atoms with E-state index in [0.717, 1.165) is 21.7 Å². The van der Waals surface area contributed by atoms with E-state index in [1.54, 1.807) is 0 Å². The minimum absolute atomic E-state index is 0.554. The number of nitrogens with two attached hydrogens (primary N) is 1. The fraction of sp³-hybridized carbons (Fsp3) is 0.0769. The summed E-state index contributed by atoms with van der Waals surface area (Å²) in [6.45, 7) is 0.554. The van der Waals surface area contributed by atoms with Gasteiger partial charge in [-0.15, -0.1) is 0 Å². The minimum Gasteiger partial charge on any atom is -0.326 e. The van der Waals surface area contributed by atoms with E-state index in [9.17, 15) is 0 Å². The lowest BCUT2D eigenvalue weighted by atomic mass is 10.0. The van der Waals surface area contributed by atoms with E-state index in [0.29, 0.717) is 6.54 Å². The van der Waals surface area contributed by atoms with Crippen molar-refractivity contribution in [2.24, 2.45) is 5.73 Å². The number of rotatable bonds is 2. The standard InChI is InChI=1S/C13H12ClN/c14-13-7-2-1-6-12(13)11-5-3-4-10(8-11)9-15/h1-8H,9,15H2. The summed E-state index contributed by atoms with van der Waals surface area (Å²) < 4.78 is 0. The third-order valence-corrected chi connectivity index (χ3v) is 2.68. The van der Waals surface area contributed by atoms with E-state index in [-0.39, 0.29) is 0 Å². The number of hydrogen-bond donors (Lipinski definition) is 1. The molecule has 2 heteroatoms. The van der Waals surface area contributed by atoms with E-state index >= 15 is 0 Å². The van der Waals surface area contributed by atoms with Gasteiger partial charge in [-0.2, -0.15) is 0 Å². The zero-order valence-electron chi connectivity index (χ0n) is 8.28. The molecule has 0 aliphatic heterocycles. The van der Waals surface area contributed by atoms with Crippen LogP contribution in [0, 0.1) is 0 Å². The van der Waals surface area contributed by atoms with Crippen LogP contribution in [-0.2, 0) is 6.54 Å². The lowest BCUT2D eigenvalue weighted by Gasteiger charge is -2.05. The maximum atomic E-state index is 6.12. The molecule has 0 fully saturated rings. The molecule has 0 unspecified atom stereocenters. The number of hydrogen-bond acceptors (Lipinski definition) is 1. The van der Waals surface area contributed by atoms with Crippen LogP contribution in [0.1, 0.15) is 5.56 Å². The summed E-state index contributed by atoms with van der Waals surface area (Å²) >= 11 is 6.12. The normalized spacial score (nSPS) is 10.3. The fourth-order valence-corrected chi connectivity index (χ4v) is 1.81. The van der Waals surface area contributed by atoms with Crippen LogP contribution >= 0.6 is 11.6 Å². The topological polar surface area (TPSA) is 26.0 Å². The first kappa shape index (κ1) is 10.2. The van der Waals surface area contributed by atoms with Crippen LogP contribution in [0.25, 0.3) is 11.1 Å². The van der Waals surface area contributed by atoms with Crippen LogP contribution < -0.4 is 5.73 Å². The van der Waals surface area contributed by atoms with Crippen molar-refractivity contribution in [3.05, 3.63) is 59.1 Å². The third kappa shape index (κ3) is 2.20. The van der Waals surface area contributed by atoms with Gasteiger partial charge in [0.1, 0.15) is 0 Å². The molecular weight excluding hydrogens is 206 g/mol. The second-order valence-electron chi connectivity index (χ2n) is 3.38. The van der Waals surface area contributed by atoms with Crippen molar-refractivity contribution in [1.29, 1.82) is 0 Å². The number of halogens is 1. The summed E-state index contributed by atoms with van der Waals surface area (Å²) in [6.07, 6.45) is 0. The molecule has 0 saturated carbocycles. The van der Waals surface area contributed by atoms with Gasteiger partial charge in [0.2, 0.25) is 0 Å². The van der Waals surface area contributed by atoms with Crippen molar-refractivity contribution in [2.45, 2.75) is 6.54 Å². The van der Waals surface area contributed by atoms with Gasteiger partial charge in [0.15, 0.2) is 0 Å². The van der Waals surface area contributed by atoms with Crippen molar-refractivity contribution < 1.29 is 0 Å². The fourth-order valence-electron chi connectivity index (χ4n) is 1.56. The van der Waals surface area contributed by atoms with Gasteiger partial charge in [0, 0.05) is 17.1 Å². The molecule has 0 radical (unpaired) electrons. The highest BCUT2D eigenvalue weighted by Crippen LogP contribution is 2.27. The van der Waals surface area contributed by atoms with Crippen LogP contribution in [0.4, 0.5) is 0 Å². The first-order chi connectivity index (χ1) is 7.31. The van der Waals surface area contributed by atoms with Crippen molar-refractivity contribution >= 4 is 11.6 Å². The summed E-state index contributed by atoms with van der Waals surface area (Å²) in [5, 5.41) is 0.770. The molecule has 0 amide bonds. The van der Waals surface area contributed by atoms with E-state index in [4.69, 9.17) is 17.3 Å². The van der Waals surface area contributed by atoms with Gasteiger partial charge in [-0.1, -0.05) is 48.0 Å². The van der Waals surface area contributed by atoms with Crippen LogP contribution in [0.2, 0.25) is 5.02 Å². The van der Waals surface area contributed by atoms with Crippen molar-refractivity contribution in [2.75, 3.05) is 0 Å². The Balaban J connectivity index is 2.49. The molecule has 2 aromatic rings. The van der Waals surface area contributed by atoms with Gasteiger partial charge >= 0.3 is 0 Å². The van der Waals surface area contributed by atoms with Crippen molar-refractivity contribution in [3.63, 3.8) is 0 Å². The molecule has 2 aromatic carbocycles. The Morgan fingerprint density at radius 3 is 2.53 bits per heavy atom. The van der Waals surface area contributed by atoms with Gasteiger partial charge < -0.3 is 5.73 Å². The maximum absolute atomic E-state index is 6.12. The van der Waals surface area contributed by atoms with Gasteiger partial charge in [-0.05, 0) is 23.3 Å². The Morgan fingerprint density at radius 2 is 1.80 bits per heavy atom. The van der Waals surface area contributed by atoms with Gasteiger partial charge in [0.25, 0.3) is 0 Å². The van der Waals surface area contributed by atoms with Gasteiger partial charge in [-0.25, -0.2) is 0 Å². The predicted molar refractivity (Wildman–Crippen MR) is 64.8 cm³/mol. The molecule has 0 atom stereocenters. The van der Waals surface area contributed by atoms with Crippen molar-refractivity contribution in [1.82, 2.24) is 0 Å². The van der Waals surface area contributed by atoms with Gasteiger partial charge in [0.05, 0.1) is 0 Å². The van der Waals surface area contributed by atoms with Crippen molar-refractivity contribution in [3.8, 4) is 11.1 Å².